The molecule has 1 aromatic rings. The molecule has 0 saturated carbocycles. The molecular formula is C14H21ClN4O2. The van der Waals surface area contributed by atoms with Crippen molar-refractivity contribution in [1.29, 1.82) is 0 Å². The van der Waals surface area contributed by atoms with E-state index in [1.54, 1.807) is 25.2 Å². The molecule has 6 nitrogen and oxygen atoms in total. The summed E-state index contributed by atoms with van der Waals surface area (Å²) in [5.41, 5.74) is 6.75. The van der Waals surface area contributed by atoms with E-state index in [-0.39, 0.29) is 11.8 Å². The van der Waals surface area contributed by atoms with Crippen LogP contribution >= 0.6 is 11.6 Å². The van der Waals surface area contributed by atoms with E-state index in [4.69, 9.17) is 17.3 Å². The molecule has 7 heteroatoms. The Labute approximate surface area is 129 Å². The summed E-state index contributed by atoms with van der Waals surface area (Å²) in [5, 5.41) is 5.80. The number of nitrogens with one attached hydrogen (secondary N) is 2. The topological polar surface area (TPSA) is 87.5 Å². The minimum Gasteiger partial charge on any atom is -0.397 e. The van der Waals surface area contributed by atoms with Gasteiger partial charge >= 0.3 is 0 Å². The van der Waals surface area contributed by atoms with Gasteiger partial charge in [-0.3, -0.25) is 9.59 Å². The van der Waals surface area contributed by atoms with Gasteiger partial charge in [0.2, 0.25) is 11.8 Å². The number of anilines is 2. The van der Waals surface area contributed by atoms with Crippen molar-refractivity contribution in [3.63, 3.8) is 0 Å². The lowest BCUT2D eigenvalue weighted by Crippen LogP contribution is -2.29. The Balaban J connectivity index is 2.37. The third-order valence-electron chi connectivity index (χ3n) is 3.01. The second-order valence-electron chi connectivity index (χ2n) is 4.76. The van der Waals surface area contributed by atoms with Gasteiger partial charge in [0, 0.05) is 38.0 Å². The standard InChI is InChI=1S/C14H21ClN4O2/c1-17-13(20)5-7-19(2)8-6-14(21)18-12-9-10(15)3-4-11(12)16/h3-4,9H,5-8,16H2,1-2H3,(H,17,20)(H,18,21). The molecule has 0 atom stereocenters. The van der Waals surface area contributed by atoms with Crippen molar-refractivity contribution in [3.8, 4) is 0 Å². The minimum atomic E-state index is -0.143. The Bertz CT molecular complexity index is 508. The molecule has 0 bridgehead atoms. The Kier molecular flexibility index (Phi) is 6.98. The summed E-state index contributed by atoms with van der Waals surface area (Å²) in [6.45, 7) is 1.16. The number of nitrogens with zero attached hydrogens (tertiary/aromatic N) is 1. The van der Waals surface area contributed by atoms with E-state index in [1.807, 2.05) is 11.9 Å². The SMILES string of the molecule is CNC(=O)CCN(C)CCC(=O)Nc1cc(Cl)ccc1N. The zero-order valence-corrected chi connectivity index (χ0v) is 13.0. The number of rotatable bonds is 7. The number of hydrogen-bond acceptors (Lipinski definition) is 4. The van der Waals surface area contributed by atoms with Crippen LogP contribution in [0.5, 0.6) is 0 Å². The van der Waals surface area contributed by atoms with Crippen molar-refractivity contribution in [2.45, 2.75) is 12.8 Å². The fraction of sp³-hybridized carbons (Fsp3) is 0.429. The van der Waals surface area contributed by atoms with Crippen LogP contribution in [0.25, 0.3) is 0 Å². The first-order chi connectivity index (χ1) is 9.92. The molecule has 0 saturated heterocycles. The number of halogens is 1. The fourth-order valence-corrected chi connectivity index (χ4v) is 1.84. The predicted molar refractivity (Wildman–Crippen MR) is 85.3 cm³/mol. The van der Waals surface area contributed by atoms with Crippen molar-refractivity contribution >= 4 is 34.8 Å². The van der Waals surface area contributed by atoms with Crippen LogP contribution in [0.15, 0.2) is 18.2 Å². The molecule has 4 N–H and O–H groups in total. The third-order valence-corrected chi connectivity index (χ3v) is 3.24. The highest BCUT2D eigenvalue weighted by molar-refractivity contribution is 6.31. The first-order valence-corrected chi connectivity index (χ1v) is 7.04. The number of benzene rings is 1. The molecule has 2 amide bonds. The Morgan fingerprint density at radius 3 is 2.48 bits per heavy atom. The van der Waals surface area contributed by atoms with E-state index in [2.05, 4.69) is 10.6 Å². The van der Waals surface area contributed by atoms with Gasteiger partial charge in [0.25, 0.3) is 0 Å². The highest BCUT2D eigenvalue weighted by Crippen LogP contribution is 2.22. The maximum absolute atomic E-state index is 11.9. The van der Waals surface area contributed by atoms with Crippen molar-refractivity contribution in [3.05, 3.63) is 23.2 Å². The number of carbonyl (C=O) groups excluding carboxylic acids is 2. The monoisotopic (exact) mass is 312 g/mol. The largest absolute Gasteiger partial charge is 0.397 e. The zero-order chi connectivity index (χ0) is 15.8. The number of amides is 2. The molecule has 0 spiro atoms. The first kappa shape index (κ1) is 17.3. The normalized spacial score (nSPS) is 10.5. The van der Waals surface area contributed by atoms with Crippen LogP contribution in [0.4, 0.5) is 11.4 Å². The molecule has 0 aliphatic carbocycles. The highest BCUT2D eigenvalue weighted by Gasteiger charge is 2.08. The quantitative estimate of drug-likeness (QED) is 0.663. The molecule has 0 heterocycles. The van der Waals surface area contributed by atoms with E-state index in [1.165, 1.54) is 0 Å². The van der Waals surface area contributed by atoms with Gasteiger partial charge in [-0.05, 0) is 25.2 Å². The van der Waals surface area contributed by atoms with Gasteiger partial charge in [-0.15, -0.1) is 0 Å². The summed E-state index contributed by atoms with van der Waals surface area (Å²) in [6, 6.07) is 4.93. The number of hydrogen-bond donors (Lipinski definition) is 3. The Morgan fingerprint density at radius 2 is 1.86 bits per heavy atom. The fourth-order valence-electron chi connectivity index (χ4n) is 1.67. The van der Waals surface area contributed by atoms with Crippen molar-refractivity contribution in [1.82, 2.24) is 10.2 Å². The van der Waals surface area contributed by atoms with E-state index < -0.39 is 0 Å². The number of nitrogen functional groups attached to an aromatic ring is 1. The van der Waals surface area contributed by atoms with Gasteiger partial charge < -0.3 is 21.3 Å². The first-order valence-electron chi connectivity index (χ1n) is 6.66. The van der Waals surface area contributed by atoms with E-state index >= 15 is 0 Å². The Morgan fingerprint density at radius 1 is 1.24 bits per heavy atom. The summed E-state index contributed by atoms with van der Waals surface area (Å²) in [6.07, 6.45) is 0.728. The van der Waals surface area contributed by atoms with Gasteiger partial charge in [-0.1, -0.05) is 11.6 Å². The maximum atomic E-state index is 11.9. The molecule has 0 fully saturated rings. The van der Waals surface area contributed by atoms with Crippen LogP contribution in [-0.2, 0) is 9.59 Å². The predicted octanol–water partition coefficient (Wildman–Crippen LogP) is 1.32. The molecule has 1 aromatic carbocycles. The molecular weight excluding hydrogens is 292 g/mol. The molecule has 0 unspecified atom stereocenters. The van der Waals surface area contributed by atoms with Crippen LogP contribution in [-0.4, -0.2) is 43.9 Å². The number of carbonyl (C=O) groups is 2. The second kappa shape index (κ2) is 8.49. The van der Waals surface area contributed by atoms with E-state index in [0.29, 0.717) is 42.3 Å². The lowest BCUT2D eigenvalue weighted by molar-refractivity contribution is -0.120. The average molecular weight is 313 g/mol. The molecule has 21 heavy (non-hydrogen) atoms. The van der Waals surface area contributed by atoms with E-state index in [0.717, 1.165) is 0 Å². The molecule has 0 aliphatic heterocycles. The summed E-state index contributed by atoms with van der Waals surface area (Å²) in [4.78, 5) is 24.9. The van der Waals surface area contributed by atoms with Gasteiger partial charge in [-0.25, -0.2) is 0 Å². The summed E-state index contributed by atoms with van der Waals surface area (Å²) in [5.74, 6) is -0.159. The van der Waals surface area contributed by atoms with Crippen LogP contribution in [0.3, 0.4) is 0 Å². The highest BCUT2D eigenvalue weighted by atomic mass is 35.5. The molecule has 0 aromatic heterocycles. The van der Waals surface area contributed by atoms with Crippen molar-refractivity contribution in [2.75, 3.05) is 38.2 Å². The van der Waals surface area contributed by atoms with Crippen LogP contribution < -0.4 is 16.4 Å². The summed E-state index contributed by atoms with van der Waals surface area (Å²) < 4.78 is 0. The summed E-state index contributed by atoms with van der Waals surface area (Å²) >= 11 is 5.86. The summed E-state index contributed by atoms with van der Waals surface area (Å²) in [7, 11) is 3.47. The lowest BCUT2D eigenvalue weighted by Gasteiger charge is -2.16. The molecule has 116 valence electrons. The van der Waals surface area contributed by atoms with Crippen LogP contribution in [0.2, 0.25) is 5.02 Å². The molecule has 1 rings (SSSR count). The van der Waals surface area contributed by atoms with Crippen LogP contribution in [0.1, 0.15) is 12.8 Å². The molecule has 0 radical (unpaired) electrons. The van der Waals surface area contributed by atoms with E-state index in [9.17, 15) is 9.59 Å². The average Bonchev–Trinajstić information content (AvgIpc) is 2.46. The van der Waals surface area contributed by atoms with Gasteiger partial charge in [-0.2, -0.15) is 0 Å². The van der Waals surface area contributed by atoms with Gasteiger partial charge in [0.05, 0.1) is 11.4 Å². The number of nitrogens with two attached hydrogens (primary N) is 1. The lowest BCUT2D eigenvalue weighted by atomic mass is 10.2. The molecule has 0 aliphatic rings. The second-order valence-corrected chi connectivity index (χ2v) is 5.19. The minimum absolute atomic E-state index is 0.0157. The van der Waals surface area contributed by atoms with Crippen molar-refractivity contribution in [2.24, 2.45) is 0 Å². The Hall–Kier alpha value is -1.79. The van der Waals surface area contributed by atoms with Gasteiger partial charge in [0.15, 0.2) is 0 Å². The smallest absolute Gasteiger partial charge is 0.225 e. The van der Waals surface area contributed by atoms with Gasteiger partial charge in [0.1, 0.15) is 0 Å². The third kappa shape index (κ3) is 6.46. The zero-order valence-electron chi connectivity index (χ0n) is 12.3. The maximum Gasteiger partial charge on any atom is 0.225 e. The van der Waals surface area contributed by atoms with Crippen LogP contribution in [0, 0.1) is 0 Å². The van der Waals surface area contributed by atoms with Crippen molar-refractivity contribution < 1.29 is 9.59 Å².